The van der Waals surface area contributed by atoms with Crippen molar-refractivity contribution in [2.75, 3.05) is 6.61 Å². The SMILES string of the molecule is C=CC(C=C)(C=C)CCO[SiH3]. The first kappa shape index (κ1) is 10.4. The number of allylic oxidation sites excluding steroid dienone is 3. The molecule has 0 fully saturated rings. The lowest BCUT2D eigenvalue weighted by atomic mass is 9.85. The topological polar surface area (TPSA) is 9.23 Å². The van der Waals surface area contributed by atoms with E-state index in [9.17, 15) is 0 Å². The highest BCUT2D eigenvalue weighted by Crippen LogP contribution is 2.25. The van der Waals surface area contributed by atoms with Crippen LogP contribution < -0.4 is 0 Å². The zero-order chi connectivity index (χ0) is 8.74. The van der Waals surface area contributed by atoms with E-state index in [2.05, 4.69) is 19.7 Å². The van der Waals surface area contributed by atoms with Crippen LogP contribution in [-0.2, 0) is 4.43 Å². The van der Waals surface area contributed by atoms with Gasteiger partial charge >= 0.3 is 0 Å². The first-order valence-electron chi connectivity index (χ1n) is 3.64. The Morgan fingerprint density at radius 1 is 1.18 bits per heavy atom. The van der Waals surface area contributed by atoms with Gasteiger partial charge in [0.15, 0.2) is 0 Å². The van der Waals surface area contributed by atoms with Crippen LogP contribution in [-0.4, -0.2) is 17.1 Å². The van der Waals surface area contributed by atoms with E-state index in [0.29, 0.717) is 0 Å². The molecule has 0 unspecified atom stereocenters. The van der Waals surface area contributed by atoms with Crippen LogP contribution in [0.2, 0.25) is 0 Å². The predicted molar refractivity (Wildman–Crippen MR) is 53.5 cm³/mol. The van der Waals surface area contributed by atoms with Gasteiger partial charge in [0.05, 0.1) is 0 Å². The number of rotatable bonds is 6. The van der Waals surface area contributed by atoms with Crippen molar-refractivity contribution in [2.45, 2.75) is 6.42 Å². The molecule has 0 radical (unpaired) electrons. The molecule has 0 aromatic carbocycles. The molecule has 0 N–H and O–H groups in total. The van der Waals surface area contributed by atoms with E-state index in [-0.39, 0.29) is 5.41 Å². The summed E-state index contributed by atoms with van der Waals surface area (Å²) < 4.78 is 5.10. The van der Waals surface area contributed by atoms with Crippen LogP contribution in [0.3, 0.4) is 0 Å². The third-order valence-corrected chi connectivity index (χ3v) is 2.29. The van der Waals surface area contributed by atoms with E-state index >= 15 is 0 Å². The summed E-state index contributed by atoms with van der Waals surface area (Å²) in [6.07, 6.45) is 6.46. The van der Waals surface area contributed by atoms with Gasteiger partial charge in [-0.15, -0.1) is 19.7 Å². The monoisotopic (exact) mass is 168 g/mol. The Balaban J connectivity index is 4.16. The van der Waals surface area contributed by atoms with Crippen LogP contribution in [0.1, 0.15) is 6.42 Å². The van der Waals surface area contributed by atoms with Crippen molar-refractivity contribution in [1.29, 1.82) is 0 Å². The largest absolute Gasteiger partial charge is 0.428 e. The quantitative estimate of drug-likeness (QED) is 0.428. The summed E-state index contributed by atoms with van der Waals surface area (Å²) in [5.74, 6) is 0. The van der Waals surface area contributed by atoms with E-state index in [1.807, 2.05) is 18.2 Å². The predicted octanol–water partition coefficient (Wildman–Crippen LogP) is 1.22. The van der Waals surface area contributed by atoms with Crippen molar-refractivity contribution in [1.82, 2.24) is 0 Å². The van der Waals surface area contributed by atoms with Crippen molar-refractivity contribution in [3.8, 4) is 0 Å². The maximum absolute atomic E-state index is 5.10. The molecule has 0 aromatic heterocycles. The fourth-order valence-electron chi connectivity index (χ4n) is 0.835. The number of hydrogen-bond donors (Lipinski definition) is 0. The summed E-state index contributed by atoms with van der Waals surface area (Å²) in [6.45, 7) is 12.0. The van der Waals surface area contributed by atoms with Gasteiger partial charge in [-0.05, 0) is 6.42 Å². The zero-order valence-electron chi connectivity index (χ0n) is 7.18. The Morgan fingerprint density at radius 2 is 1.64 bits per heavy atom. The van der Waals surface area contributed by atoms with Crippen LogP contribution in [0.4, 0.5) is 0 Å². The van der Waals surface area contributed by atoms with E-state index in [4.69, 9.17) is 4.43 Å². The standard InChI is InChI=1S/C9H16OSi/c1-4-9(5-2,6-3)7-8-10-11/h4-6H,1-3,7-8H2,11H3. The Hall–Kier alpha value is -0.603. The molecule has 0 saturated heterocycles. The van der Waals surface area contributed by atoms with Gasteiger partial charge in [0.25, 0.3) is 0 Å². The van der Waals surface area contributed by atoms with Gasteiger partial charge in [0.2, 0.25) is 0 Å². The molecular weight excluding hydrogens is 152 g/mol. The minimum absolute atomic E-state index is 0.135. The Kier molecular flexibility index (Phi) is 4.82. The van der Waals surface area contributed by atoms with Crippen molar-refractivity contribution in [3.63, 3.8) is 0 Å². The molecule has 0 atom stereocenters. The highest BCUT2D eigenvalue weighted by Gasteiger charge is 2.16. The van der Waals surface area contributed by atoms with Gasteiger partial charge in [0, 0.05) is 12.0 Å². The molecule has 0 saturated carbocycles. The average molecular weight is 168 g/mol. The summed E-state index contributed by atoms with van der Waals surface area (Å²) in [7, 11) is 0.787. The molecule has 0 aliphatic rings. The van der Waals surface area contributed by atoms with Gasteiger partial charge in [-0.3, -0.25) is 0 Å². The molecule has 0 aliphatic carbocycles. The fraction of sp³-hybridized carbons (Fsp3) is 0.333. The maximum atomic E-state index is 5.10. The molecule has 0 aliphatic heterocycles. The van der Waals surface area contributed by atoms with E-state index in [0.717, 1.165) is 23.5 Å². The lowest BCUT2D eigenvalue weighted by molar-refractivity contribution is 0.309. The van der Waals surface area contributed by atoms with Crippen molar-refractivity contribution in [2.24, 2.45) is 5.41 Å². The lowest BCUT2D eigenvalue weighted by Crippen LogP contribution is -2.13. The third-order valence-electron chi connectivity index (χ3n) is 1.88. The third kappa shape index (κ3) is 2.86. The summed E-state index contributed by atoms with van der Waals surface area (Å²) in [5.41, 5.74) is -0.135. The summed E-state index contributed by atoms with van der Waals surface area (Å²) >= 11 is 0. The second-order valence-electron chi connectivity index (χ2n) is 2.47. The van der Waals surface area contributed by atoms with Gasteiger partial charge < -0.3 is 4.43 Å². The molecule has 1 nitrogen and oxygen atoms in total. The molecule has 0 bridgehead atoms. The van der Waals surface area contributed by atoms with Gasteiger partial charge in [-0.1, -0.05) is 18.2 Å². The van der Waals surface area contributed by atoms with Gasteiger partial charge in [-0.2, -0.15) is 0 Å². The van der Waals surface area contributed by atoms with Crippen LogP contribution in [0.15, 0.2) is 38.0 Å². The molecule has 0 amide bonds. The van der Waals surface area contributed by atoms with Gasteiger partial charge in [-0.25, -0.2) is 0 Å². The molecular formula is C9H16OSi. The van der Waals surface area contributed by atoms with Crippen LogP contribution in [0.25, 0.3) is 0 Å². The normalized spacial score (nSPS) is 10.9. The summed E-state index contributed by atoms with van der Waals surface area (Å²) in [4.78, 5) is 0. The molecule has 0 heterocycles. The highest BCUT2D eigenvalue weighted by atomic mass is 28.2. The lowest BCUT2D eigenvalue weighted by Gasteiger charge is -2.21. The minimum atomic E-state index is -0.135. The first-order chi connectivity index (χ1) is 5.24. The molecule has 0 aromatic rings. The smallest absolute Gasteiger partial charge is 0.145 e. The van der Waals surface area contributed by atoms with Crippen LogP contribution in [0, 0.1) is 5.41 Å². The Morgan fingerprint density at radius 3 is 1.91 bits per heavy atom. The van der Waals surface area contributed by atoms with E-state index in [1.165, 1.54) is 0 Å². The summed E-state index contributed by atoms with van der Waals surface area (Å²) in [6, 6.07) is 0. The molecule has 0 rings (SSSR count). The first-order valence-corrected chi connectivity index (χ1v) is 4.46. The average Bonchev–Trinajstić information content (AvgIpc) is 2.08. The van der Waals surface area contributed by atoms with Crippen LogP contribution >= 0.6 is 0 Å². The fourth-order valence-corrected chi connectivity index (χ4v) is 1.04. The van der Waals surface area contributed by atoms with Crippen molar-refractivity contribution < 1.29 is 4.43 Å². The maximum Gasteiger partial charge on any atom is 0.145 e. The second kappa shape index (κ2) is 5.10. The van der Waals surface area contributed by atoms with E-state index < -0.39 is 0 Å². The minimum Gasteiger partial charge on any atom is -0.428 e. The Labute approximate surface area is 72.0 Å². The molecule has 0 spiro atoms. The van der Waals surface area contributed by atoms with E-state index in [1.54, 1.807) is 0 Å². The molecule has 11 heavy (non-hydrogen) atoms. The van der Waals surface area contributed by atoms with Gasteiger partial charge in [0.1, 0.15) is 10.5 Å². The molecule has 62 valence electrons. The van der Waals surface area contributed by atoms with Crippen molar-refractivity contribution in [3.05, 3.63) is 38.0 Å². The molecule has 2 heteroatoms. The highest BCUT2D eigenvalue weighted by molar-refractivity contribution is 5.97. The zero-order valence-corrected chi connectivity index (χ0v) is 9.18. The second-order valence-corrected chi connectivity index (χ2v) is 3.04. The van der Waals surface area contributed by atoms with Crippen LogP contribution in [0.5, 0.6) is 0 Å². The van der Waals surface area contributed by atoms with Crippen molar-refractivity contribution >= 4 is 10.5 Å². The number of hydrogen-bond acceptors (Lipinski definition) is 1. The Bertz CT molecular complexity index is 130. The summed E-state index contributed by atoms with van der Waals surface area (Å²) in [5, 5.41) is 0.